The van der Waals surface area contributed by atoms with Crippen LogP contribution >= 0.6 is 0 Å². The summed E-state index contributed by atoms with van der Waals surface area (Å²) in [7, 11) is 0. The molecule has 4 heteroatoms. The first-order valence-electron chi connectivity index (χ1n) is 14.0. The number of aromatic hydroxyl groups is 2. The highest BCUT2D eigenvalue weighted by molar-refractivity contribution is 6.00. The van der Waals surface area contributed by atoms with Crippen LogP contribution in [0.4, 0.5) is 0 Å². The van der Waals surface area contributed by atoms with Crippen molar-refractivity contribution < 1.29 is 19.7 Å². The number of carbonyl (C=O) groups excluding carboxylic acids is 1. The van der Waals surface area contributed by atoms with Crippen molar-refractivity contribution in [2.24, 2.45) is 0 Å². The first-order chi connectivity index (χ1) is 20.4. The van der Waals surface area contributed by atoms with E-state index in [1.165, 1.54) is 0 Å². The first kappa shape index (κ1) is 25.6. The lowest BCUT2D eigenvalue weighted by Crippen LogP contribution is -2.30. The Kier molecular flexibility index (Phi) is 5.87. The largest absolute Gasteiger partial charge is 0.508 e. The number of ether oxygens (including phenoxy) is 1. The highest BCUT2D eigenvalue weighted by Gasteiger charge is 2.49. The Bertz CT molecular complexity index is 2000. The third-order valence-corrected chi connectivity index (χ3v) is 8.52. The summed E-state index contributed by atoms with van der Waals surface area (Å²) in [6.45, 7) is 3.57. The second kappa shape index (κ2) is 9.64. The summed E-state index contributed by atoms with van der Waals surface area (Å²) in [4.78, 5) is 13.3. The zero-order valence-corrected chi connectivity index (χ0v) is 23.3. The fourth-order valence-corrected chi connectivity index (χ4v) is 6.61. The number of allylic oxidation sites excluding steroid dienone is 1. The van der Waals surface area contributed by atoms with Crippen LogP contribution in [0.1, 0.15) is 36.1 Å². The van der Waals surface area contributed by atoms with E-state index in [2.05, 4.69) is 30.3 Å². The van der Waals surface area contributed by atoms with Gasteiger partial charge in [0.1, 0.15) is 17.2 Å². The standard InChI is InChI=1S/C38H28O4/c1-3-23(2)37(41)42-35-16-8-12-31-30-11-4-5-13-34(30)38(36(31)35,32-14-6-9-24-21-26(39)17-19-28(24)32)33-15-7-10-25-22-27(40)18-20-29(25)33/h3-22,39-40H,1-2H3. The summed E-state index contributed by atoms with van der Waals surface area (Å²) in [5.74, 6) is 0.471. The molecule has 2 N–H and O–H groups in total. The van der Waals surface area contributed by atoms with Gasteiger partial charge in [-0.05, 0) is 93.5 Å². The highest BCUT2D eigenvalue weighted by atomic mass is 16.5. The van der Waals surface area contributed by atoms with Crippen molar-refractivity contribution in [3.05, 3.63) is 149 Å². The molecule has 0 unspecified atom stereocenters. The van der Waals surface area contributed by atoms with E-state index in [1.807, 2.05) is 67.6 Å². The van der Waals surface area contributed by atoms with E-state index >= 15 is 0 Å². The number of phenolic OH excluding ortho intramolecular Hbond substituents is 2. The van der Waals surface area contributed by atoms with E-state index in [4.69, 9.17) is 4.74 Å². The molecule has 0 amide bonds. The van der Waals surface area contributed by atoms with Gasteiger partial charge in [0.2, 0.25) is 0 Å². The van der Waals surface area contributed by atoms with Gasteiger partial charge in [-0.1, -0.05) is 91.0 Å². The number of phenols is 2. The molecule has 7 rings (SSSR count). The quantitative estimate of drug-likeness (QED) is 0.131. The SMILES string of the molecule is CC=C(C)C(=O)Oc1cccc2c1C(c1cccc3cc(O)ccc13)(c1cccc3cc(O)ccc13)c1ccccc1-2. The predicted octanol–water partition coefficient (Wildman–Crippen LogP) is 8.64. The van der Waals surface area contributed by atoms with Gasteiger partial charge in [0, 0.05) is 11.1 Å². The lowest BCUT2D eigenvalue weighted by atomic mass is 9.65. The monoisotopic (exact) mass is 548 g/mol. The van der Waals surface area contributed by atoms with Crippen molar-refractivity contribution in [1.29, 1.82) is 0 Å². The highest BCUT2D eigenvalue weighted by Crippen LogP contribution is 2.61. The molecule has 0 bridgehead atoms. The minimum atomic E-state index is -0.903. The number of esters is 1. The van der Waals surface area contributed by atoms with Crippen molar-refractivity contribution in [1.82, 2.24) is 0 Å². The maximum atomic E-state index is 13.3. The van der Waals surface area contributed by atoms with Gasteiger partial charge in [-0.15, -0.1) is 0 Å². The molecular formula is C38H28O4. The van der Waals surface area contributed by atoms with Gasteiger partial charge in [-0.3, -0.25) is 0 Å². The zero-order valence-electron chi connectivity index (χ0n) is 23.3. The Morgan fingerprint density at radius 1 is 0.667 bits per heavy atom. The summed E-state index contributed by atoms with van der Waals surface area (Å²) in [5, 5.41) is 24.5. The second-order valence-electron chi connectivity index (χ2n) is 10.8. The molecule has 6 aromatic rings. The van der Waals surface area contributed by atoms with E-state index in [-0.39, 0.29) is 11.5 Å². The third-order valence-electron chi connectivity index (χ3n) is 8.52. The smallest absolute Gasteiger partial charge is 0.338 e. The topological polar surface area (TPSA) is 66.8 Å². The molecule has 0 heterocycles. The molecule has 0 fully saturated rings. The summed E-state index contributed by atoms with van der Waals surface area (Å²) in [5.41, 5.74) is 5.60. The molecule has 6 aromatic carbocycles. The van der Waals surface area contributed by atoms with Gasteiger partial charge < -0.3 is 14.9 Å². The molecule has 204 valence electrons. The van der Waals surface area contributed by atoms with Crippen LogP contribution in [0.25, 0.3) is 32.7 Å². The minimum absolute atomic E-state index is 0.193. The molecular weight excluding hydrogens is 520 g/mol. The van der Waals surface area contributed by atoms with Crippen LogP contribution in [0.5, 0.6) is 17.2 Å². The number of carbonyl (C=O) groups is 1. The van der Waals surface area contributed by atoms with Crippen LogP contribution in [0.2, 0.25) is 0 Å². The molecule has 1 aliphatic carbocycles. The van der Waals surface area contributed by atoms with Gasteiger partial charge in [-0.2, -0.15) is 0 Å². The predicted molar refractivity (Wildman–Crippen MR) is 167 cm³/mol. The summed E-state index contributed by atoms with van der Waals surface area (Å²) < 4.78 is 6.21. The number of rotatable bonds is 4. The van der Waals surface area contributed by atoms with Crippen LogP contribution in [-0.2, 0) is 10.2 Å². The van der Waals surface area contributed by atoms with Crippen molar-refractivity contribution in [3.63, 3.8) is 0 Å². The van der Waals surface area contributed by atoms with E-state index in [1.54, 1.807) is 37.3 Å². The van der Waals surface area contributed by atoms with Gasteiger partial charge >= 0.3 is 5.97 Å². The fraction of sp³-hybridized carbons (Fsp3) is 0.0789. The Morgan fingerprint density at radius 3 is 1.83 bits per heavy atom. The third kappa shape index (κ3) is 3.65. The van der Waals surface area contributed by atoms with Crippen molar-refractivity contribution >= 4 is 27.5 Å². The zero-order chi connectivity index (χ0) is 29.0. The maximum Gasteiger partial charge on any atom is 0.338 e. The van der Waals surface area contributed by atoms with Crippen molar-refractivity contribution in [2.45, 2.75) is 19.3 Å². The van der Waals surface area contributed by atoms with Crippen LogP contribution in [0, 0.1) is 0 Å². The van der Waals surface area contributed by atoms with E-state index in [0.717, 1.165) is 54.9 Å². The molecule has 42 heavy (non-hydrogen) atoms. The van der Waals surface area contributed by atoms with Crippen molar-refractivity contribution in [3.8, 4) is 28.4 Å². The van der Waals surface area contributed by atoms with Crippen LogP contribution in [0.15, 0.2) is 127 Å². The number of fused-ring (bicyclic) bond motifs is 5. The Balaban J connectivity index is 1.70. The second-order valence-corrected chi connectivity index (χ2v) is 10.8. The lowest BCUT2D eigenvalue weighted by Gasteiger charge is -2.36. The number of hydrogen-bond acceptors (Lipinski definition) is 4. The first-order valence-corrected chi connectivity index (χ1v) is 14.0. The van der Waals surface area contributed by atoms with E-state index in [0.29, 0.717) is 11.3 Å². The molecule has 0 saturated heterocycles. The summed E-state index contributed by atoms with van der Waals surface area (Å²) >= 11 is 0. The average molecular weight is 549 g/mol. The molecule has 0 atom stereocenters. The summed E-state index contributed by atoms with van der Waals surface area (Å²) in [6, 6.07) is 37.4. The maximum absolute atomic E-state index is 13.3. The number of hydrogen-bond donors (Lipinski definition) is 2. The molecule has 0 spiro atoms. The minimum Gasteiger partial charge on any atom is -0.508 e. The van der Waals surface area contributed by atoms with Gasteiger partial charge in [0.15, 0.2) is 0 Å². The van der Waals surface area contributed by atoms with Crippen LogP contribution in [0.3, 0.4) is 0 Å². The Labute approximate surface area is 243 Å². The van der Waals surface area contributed by atoms with Crippen LogP contribution in [-0.4, -0.2) is 16.2 Å². The lowest BCUT2D eigenvalue weighted by molar-refractivity contribution is -0.130. The normalized spacial score (nSPS) is 13.6. The fourth-order valence-electron chi connectivity index (χ4n) is 6.61. The average Bonchev–Trinajstić information content (AvgIpc) is 3.31. The summed E-state index contributed by atoms with van der Waals surface area (Å²) in [6.07, 6.45) is 1.75. The molecule has 0 saturated carbocycles. The number of benzene rings is 6. The molecule has 0 aromatic heterocycles. The molecule has 0 radical (unpaired) electrons. The van der Waals surface area contributed by atoms with E-state index in [9.17, 15) is 15.0 Å². The molecule has 4 nitrogen and oxygen atoms in total. The van der Waals surface area contributed by atoms with Gasteiger partial charge in [0.05, 0.1) is 5.41 Å². The Morgan fingerprint density at radius 2 is 1.21 bits per heavy atom. The molecule has 1 aliphatic rings. The van der Waals surface area contributed by atoms with Gasteiger partial charge in [-0.25, -0.2) is 4.79 Å². The van der Waals surface area contributed by atoms with Gasteiger partial charge in [0.25, 0.3) is 0 Å². The van der Waals surface area contributed by atoms with Crippen LogP contribution < -0.4 is 4.74 Å². The van der Waals surface area contributed by atoms with E-state index < -0.39 is 11.4 Å². The molecule has 0 aliphatic heterocycles. The van der Waals surface area contributed by atoms with Crippen molar-refractivity contribution in [2.75, 3.05) is 0 Å². The Hall–Kier alpha value is -5.35.